The van der Waals surface area contributed by atoms with Gasteiger partial charge in [0.05, 0.1) is 0 Å². The summed E-state index contributed by atoms with van der Waals surface area (Å²) < 4.78 is 41.6. The van der Waals surface area contributed by atoms with Gasteiger partial charge in [0, 0.05) is 30.4 Å². The zero-order valence-corrected chi connectivity index (χ0v) is 13.5. The number of nitrogens with one attached hydrogen (secondary N) is 3. The van der Waals surface area contributed by atoms with Gasteiger partial charge in [0.2, 0.25) is 0 Å². The lowest BCUT2D eigenvalue weighted by molar-refractivity contribution is -0.0521. The molecule has 0 aliphatic rings. The predicted octanol–water partition coefficient (Wildman–Crippen LogP) is 2.98. The highest BCUT2D eigenvalue weighted by atomic mass is 19.3. The summed E-state index contributed by atoms with van der Waals surface area (Å²) in [6.45, 7) is -2.81. The molecule has 0 atom stereocenters. The fourth-order valence-corrected chi connectivity index (χ4v) is 1.99. The van der Waals surface area contributed by atoms with Gasteiger partial charge < -0.3 is 20.7 Å². The Kier molecular flexibility index (Phi) is 6.84. The van der Waals surface area contributed by atoms with E-state index in [9.17, 15) is 22.8 Å². The molecule has 2 aromatic carbocycles. The van der Waals surface area contributed by atoms with E-state index in [4.69, 9.17) is 0 Å². The monoisotopic (exact) mass is 367 g/mol. The number of carbonyl (C=O) groups is 2. The molecule has 9 heteroatoms. The van der Waals surface area contributed by atoms with Crippen LogP contribution in [0.15, 0.2) is 48.5 Å². The number of halogens is 3. The molecule has 3 amide bonds. The summed E-state index contributed by atoms with van der Waals surface area (Å²) in [5.74, 6) is -1.92. The lowest BCUT2D eigenvalue weighted by Gasteiger charge is -2.10. The third kappa shape index (κ3) is 6.00. The van der Waals surface area contributed by atoms with Crippen molar-refractivity contribution in [3.8, 4) is 5.75 Å². The Labute approximate surface area is 147 Å². The van der Waals surface area contributed by atoms with Crippen molar-refractivity contribution >= 4 is 17.6 Å². The maximum Gasteiger partial charge on any atom is 0.387 e. The molecule has 6 nitrogen and oxygen atoms in total. The van der Waals surface area contributed by atoms with Crippen LogP contribution < -0.4 is 20.7 Å². The minimum Gasteiger partial charge on any atom is -0.432 e. The van der Waals surface area contributed by atoms with E-state index in [0.717, 1.165) is 12.1 Å². The van der Waals surface area contributed by atoms with Gasteiger partial charge >= 0.3 is 12.6 Å². The summed E-state index contributed by atoms with van der Waals surface area (Å²) in [6, 6.07) is 11.0. The van der Waals surface area contributed by atoms with E-state index in [1.54, 1.807) is 30.3 Å². The number of hydrogen-bond donors (Lipinski definition) is 3. The highest BCUT2D eigenvalue weighted by Gasteiger charge is 2.11. The second kappa shape index (κ2) is 9.30. The van der Waals surface area contributed by atoms with Crippen molar-refractivity contribution in [1.29, 1.82) is 0 Å². The number of hydrogen-bond acceptors (Lipinski definition) is 3. The van der Waals surface area contributed by atoms with Crippen LogP contribution in [0.3, 0.4) is 0 Å². The van der Waals surface area contributed by atoms with Crippen LogP contribution in [-0.2, 0) is 0 Å². The molecule has 0 heterocycles. The fraction of sp³-hybridized carbons (Fsp3) is 0.176. The van der Waals surface area contributed by atoms with E-state index < -0.39 is 24.2 Å². The van der Waals surface area contributed by atoms with Crippen LogP contribution in [0.1, 0.15) is 10.4 Å². The molecule has 2 rings (SSSR count). The highest BCUT2D eigenvalue weighted by Crippen LogP contribution is 2.22. The third-order valence-electron chi connectivity index (χ3n) is 3.14. The average Bonchev–Trinajstić information content (AvgIpc) is 2.61. The Hall–Kier alpha value is -3.23. The molecule has 0 aliphatic heterocycles. The summed E-state index contributed by atoms with van der Waals surface area (Å²) in [6.07, 6.45) is 0. The lowest BCUT2D eigenvalue weighted by atomic mass is 10.2. The maximum atomic E-state index is 13.5. The van der Waals surface area contributed by atoms with Crippen LogP contribution in [0.4, 0.5) is 23.7 Å². The zero-order chi connectivity index (χ0) is 18.9. The molecule has 0 saturated heterocycles. The van der Waals surface area contributed by atoms with Gasteiger partial charge in [0.1, 0.15) is 0 Å². The van der Waals surface area contributed by atoms with Crippen LogP contribution in [-0.4, -0.2) is 31.6 Å². The smallest absolute Gasteiger partial charge is 0.387 e. The predicted molar refractivity (Wildman–Crippen MR) is 88.8 cm³/mol. The molecular weight excluding hydrogens is 351 g/mol. The van der Waals surface area contributed by atoms with Gasteiger partial charge in [-0.15, -0.1) is 0 Å². The third-order valence-corrected chi connectivity index (χ3v) is 3.14. The molecule has 0 bridgehead atoms. The molecule has 2 aromatic rings. The molecule has 0 saturated carbocycles. The largest absolute Gasteiger partial charge is 0.432 e. The van der Waals surface area contributed by atoms with Gasteiger partial charge in [-0.1, -0.05) is 18.2 Å². The Bertz CT molecular complexity index is 757. The molecule has 0 radical (unpaired) electrons. The normalized spacial score (nSPS) is 10.3. The van der Waals surface area contributed by atoms with Crippen LogP contribution in [0, 0.1) is 5.82 Å². The van der Waals surface area contributed by atoms with E-state index in [-0.39, 0.29) is 24.7 Å². The first-order valence-corrected chi connectivity index (χ1v) is 7.58. The number of ether oxygens (including phenoxy) is 1. The van der Waals surface area contributed by atoms with Crippen molar-refractivity contribution in [1.82, 2.24) is 10.6 Å². The molecule has 0 spiro atoms. The van der Waals surface area contributed by atoms with Gasteiger partial charge in [0.15, 0.2) is 11.6 Å². The van der Waals surface area contributed by atoms with E-state index in [1.165, 1.54) is 6.07 Å². The molecule has 0 aromatic heterocycles. The van der Waals surface area contributed by atoms with Crippen LogP contribution in [0.2, 0.25) is 0 Å². The van der Waals surface area contributed by atoms with E-state index in [1.807, 2.05) is 0 Å². The topological polar surface area (TPSA) is 79.5 Å². The summed E-state index contributed by atoms with van der Waals surface area (Å²) in [5, 5.41) is 7.43. The number of urea groups is 1. The Morgan fingerprint density at radius 1 is 1.00 bits per heavy atom. The van der Waals surface area contributed by atoms with E-state index in [0.29, 0.717) is 5.56 Å². The lowest BCUT2D eigenvalue weighted by Crippen LogP contribution is -2.36. The number of carbonyl (C=O) groups excluding carboxylic acids is 2. The molecule has 26 heavy (non-hydrogen) atoms. The van der Waals surface area contributed by atoms with Crippen LogP contribution in [0.25, 0.3) is 0 Å². The van der Waals surface area contributed by atoms with Crippen molar-refractivity contribution in [3.63, 3.8) is 0 Å². The quantitative estimate of drug-likeness (QED) is 0.659. The average molecular weight is 367 g/mol. The van der Waals surface area contributed by atoms with Crippen molar-refractivity contribution in [2.24, 2.45) is 0 Å². The first-order chi connectivity index (χ1) is 12.5. The number of anilines is 1. The fourth-order valence-electron chi connectivity index (χ4n) is 1.99. The van der Waals surface area contributed by atoms with Gasteiger partial charge in [-0.2, -0.15) is 8.78 Å². The second-order valence-electron chi connectivity index (χ2n) is 5.03. The van der Waals surface area contributed by atoms with Crippen molar-refractivity contribution in [2.75, 3.05) is 18.4 Å². The number of amides is 3. The van der Waals surface area contributed by atoms with Crippen molar-refractivity contribution < 1.29 is 27.5 Å². The molecule has 138 valence electrons. The summed E-state index contributed by atoms with van der Waals surface area (Å²) in [4.78, 5) is 23.5. The summed E-state index contributed by atoms with van der Waals surface area (Å²) in [7, 11) is 0. The number of alkyl halides is 2. The minimum absolute atomic E-state index is 0.0648. The highest BCUT2D eigenvalue weighted by molar-refractivity contribution is 5.94. The molecule has 0 fully saturated rings. The maximum absolute atomic E-state index is 13.5. The standard InChI is InChI=1S/C17H16F3N3O3/c18-13-10-12(6-7-14(13)26-16(19)20)23-17(25)22-9-8-21-15(24)11-4-2-1-3-5-11/h1-7,10,16H,8-9H2,(H,21,24)(H2,22,23,25). The van der Waals surface area contributed by atoms with Crippen molar-refractivity contribution in [3.05, 3.63) is 59.9 Å². The molecule has 0 unspecified atom stereocenters. The summed E-state index contributed by atoms with van der Waals surface area (Å²) >= 11 is 0. The van der Waals surface area contributed by atoms with Gasteiger partial charge in [-0.05, 0) is 24.3 Å². The van der Waals surface area contributed by atoms with Gasteiger partial charge in [-0.3, -0.25) is 4.79 Å². The zero-order valence-electron chi connectivity index (χ0n) is 13.5. The molecule has 0 aliphatic carbocycles. The van der Waals surface area contributed by atoms with E-state index >= 15 is 0 Å². The molecular formula is C17H16F3N3O3. The SMILES string of the molecule is O=C(NCCNC(=O)c1ccccc1)Nc1ccc(OC(F)F)c(F)c1. The molecule has 3 N–H and O–H groups in total. The first-order valence-electron chi connectivity index (χ1n) is 7.58. The van der Waals surface area contributed by atoms with E-state index in [2.05, 4.69) is 20.7 Å². The number of benzene rings is 2. The van der Waals surface area contributed by atoms with Gasteiger partial charge in [-0.25, -0.2) is 9.18 Å². The Morgan fingerprint density at radius 2 is 1.69 bits per heavy atom. The number of rotatable bonds is 7. The van der Waals surface area contributed by atoms with Crippen LogP contribution >= 0.6 is 0 Å². The van der Waals surface area contributed by atoms with Crippen LogP contribution in [0.5, 0.6) is 5.75 Å². The van der Waals surface area contributed by atoms with Crippen molar-refractivity contribution in [2.45, 2.75) is 6.61 Å². The first kappa shape index (κ1) is 19.1. The second-order valence-corrected chi connectivity index (χ2v) is 5.03. The van der Waals surface area contributed by atoms with Gasteiger partial charge in [0.25, 0.3) is 5.91 Å². The Balaban J connectivity index is 1.73. The summed E-state index contributed by atoms with van der Waals surface area (Å²) in [5.41, 5.74) is 0.563. The Morgan fingerprint density at radius 3 is 2.35 bits per heavy atom. The minimum atomic E-state index is -3.14.